The molecule has 4 aliphatic rings. The monoisotopic (exact) mass is 517 g/mol. The highest BCUT2D eigenvalue weighted by Crippen LogP contribution is 2.35. The van der Waals surface area contributed by atoms with Crippen molar-refractivity contribution in [1.82, 2.24) is 20.1 Å². The number of likely N-dealkylation sites (tertiary alicyclic amines) is 1. The van der Waals surface area contributed by atoms with E-state index >= 15 is 0 Å². The maximum Gasteiger partial charge on any atom is 0.256 e. The molecule has 2 N–H and O–H groups in total. The van der Waals surface area contributed by atoms with Crippen LogP contribution in [-0.2, 0) is 28.3 Å². The van der Waals surface area contributed by atoms with Crippen molar-refractivity contribution in [3.8, 4) is 0 Å². The Morgan fingerprint density at radius 2 is 1.79 bits per heavy atom. The van der Waals surface area contributed by atoms with Crippen LogP contribution in [0.4, 0.5) is 5.69 Å². The molecule has 0 saturated carbocycles. The van der Waals surface area contributed by atoms with E-state index in [1.165, 1.54) is 35.4 Å². The van der Waals surface area contributed by atoms with Crippen molar-refractivity contribution >= 4 is 23.4 Å². The summed E-state index contributed by atoms with van der Waals surface area (Å²) in [5.74, 6) is -0.990. The lowest BCUT2D eigenvalue weighted by molar-refractivity contribution is -0.136. The number of fused-ring (bicyclic) bond motifs is 1. The van der Waals surface area contributed by atoms with Crippen LogP contribution in [0.25, 0.3) is 0 Å². The van der Waals surface area contributed by atoms with Gasteiger partial charge in [-0.05, 0) is 68.4 Å². The minimum absolute atomic E-state index is 0.212. The molecule has 4 aliphatic heterocycles. The lowest BCUT2D eigenvalue weighted by atomic mass is 9.87. The maximum absolute atomic E-state index is 13.0. The van der Waals surface area contributed by atoms with Crippen LogP contribution in [0, 0.1) is 0 Å². The second-order valence-corrected chi connectivity index (χ2v) is 11.1. The number of carbonyl (C=O) groups is 3. The van der Waals surface area contributed by atoms with Crippen LogP contribution in [0.1, 0.15) is 72.3 Å². The number of benzene rings is 1. The number of amides is 3. The molecule has 1 aromatic heterocycles. The second-order valence-electron chi connectivity index (χ2n) is 11.1. The van der Waals surface area contributed by atoms with Gasteiger partial charge in [-0.3, -0.25) is 29.6 Å². The Bertz CT molecular complexity index is 1250. The van der Waals surface area contributed by atoms with Crippen molar-refractivity contribution in [2.24, 2.45) is 0 Å². The lowest BCUT2D eigenvalue weighted by Gasteiger charge is -2.38. The summed E-state index contributed by atoms with van der Waals surface area (Å²) in [7, 11) is 0. The third-order valence-electron chi connectivity index (χ3n) is 8.57. The van der Waals surface area contributed by atoms with E-state index in [-0.39, 0.29) is 24.8 Å². The Hall–Kier alpha value is -3.30. The van der Waals surface area contributed by atoms with Gasteiger partial charge in [0.15, 0.2) is 0 Å². The predicted octanol–water partition coefficient (Wildman–Crippen LogP) is 2.32. The van der Waals surface area contributed by atoms with Crippen LogP contribution < -0.4 is 10.2 Å². The first-order chi connectivity index (χ1) is 18.4. The first-order valence-corrected chi connectivity index (χ1v) is 13.8. The van der Waals surface area contributed by atoms with E-state index in [0.717, 1.165) is 32.7 Å². The van der Waals surface area contributed by atoms with Gasteiger partial charge in [-0.2, -0.15) is 0 Å². The molecule has 1 unspecified atom stereocenters. The number of pyridine rings is 1. The van der Waals surface area contributed by atoms with Crippen molar-refractivity contribution in [3.05, 3.63) is 58.9 Å². The fourth-order valence-corrected chi connectivity index (χ4v) is 6.29. The van der Waals surface area contributed by atoms with Gasteiger partial charge in [0.05, 0.1) is 23.5 Å². The normalized spacial score (nSPS) is 23.9. The fourth-order valence-electron chi connectivity index (χ4n) is 6.29. The molecule has 0 aliphatic carbocycles. The van der Waals surface area contributed by atoms with Gasteiger partial charge in [-0.15, -0.1) is 0 Å². The van der Waals surface area contributed by atoms with Crippen LogP contribution in [0.3, 0.4) is 0 Å². The molecular weight excluding hydrogens is 482 g/mol. The average Bonchev–Trinajstić information content (AvgIpc) is 3.26. The van der Waals surface area contributed by atoms with E-state index in [1.807, 2.05) is 0 Å². The Morgan fingerprint density at radius 1 is 1.00 bits per heavy atom. The molecule has 9 nitrogen and oxygen atoms in total. The van der Waals surface area contributed by atoms with E-state index < -0.39 is 17.6 Å². The Kier molecular flexibility index (Phi) is 6.65. The number of imide groups is 1. The predicted molar refractivity (Wildman–Crippen MR) is 141 cm³/mol. The van der Waals surface area contributed by atoms with E-state index in [9.17, 15) is 19.5 Å². The number of aliphatic hydroxyl groups is 1. The smallest absolute Gasteiger partial charge is 0.256 e. The van der Waals surface area contributed by atoms with Gasteiger partial charge in [0.1, 0.15) is 11.6 Å². The Morgan fingerprint density at radius 3 is 2.55 bits per heavy atom. The molecule has 38 heavy (non-hydrogen) atoms. The zero-order valence-corrected chi connectivity index (χ0v) is 21.7. The summed E-state index contributed by atoms with van der Waals surface area (Å²) in [6.07, 6.45) is 5.50. The summed E-state index contributed by atoms with van der Waals surface area (Å²) in [4.78, 5) is 47.9. The maximum atomic E-state index is 13.0. The van der Waals surface area contributed by atoms with Crippen LogP contribution in [0.2, 0.25) is 0 Å². The molecule has 6 rings (SSSR count). The van der Waals surface area contributed by atoms with Crippen molar-refractivity contribution in [3.63, 3.8) is 0 Å². The van der Waals surface area contributed by atoms with E-state index in [2.05, 4.69) is 39.4 Å². The summed E-state index contributed by atoms with van der Waals surface area (Å²) in [6, 6.07) is 11.6. The number of nitrogens with one attached hydrogen (secondary N) is 1. The third-order valence-corrected chi connectivity index (χ3v) is 8.57. The quantitative estimate of drug-likeness (QED) is 0.587. The standard InChI is InChI=1S/C29H35N5O4/c35-26-10-8-24(27(36)31-26)34-19-23-22(28(34)37)7-9-25(30-23)29(38)11-15-32(16-12-29)18-20-5-4-6-21(17-20)33-13-2-1-3-14-33/h4-7,9,17,24,38H,1-3,8,10-16,18-19H2,(H,31,35,36). The van der Waals surface area contributed by atoms with E-state index in [4.69, 9.17) is 4.98 Å². The van der Waals surface area contributed by atoms with Crippen molar-refractivity contribution in [1.29, 1.82) is 0 Å². The molecule has 9 heteroatoms. The minimum Gasteiger partial charge on any atom is -0.383 e. The third kappa shape index (κ3) is 4.80. The van der Waals surface area contributed by atoms with Crippen LogP contribution >= 0.6 is 0 Å². The molecule has 3 fully saturated rings. The zero-order chi connectivity index (χ0) is 26.3. The molecule has 2 aromatic rings. The van der Waals surface area contributed by atoms with Gasteiger partial charge in [0.25, 0.3) is 5.91 Å². The van der Waals surface area contributed by atoms with Gasteiger partial charge < -0.3 is 14.9 Å². The largest absolute Gasteiger partial charge is 0.383 e. The van der Waals surface area contributed by atoms with Crippen molar-refractivity contribution in [2.75, 3.05) is 31.1 Å². The molecule has 1 aromatic carbocycles. The van der Waals surface area contributed by atoms with Crippen molar-refractivity contribution in [2.45, 2.75) is 69.7 Å². The number of hydrogen-bond donors (Lipinski definition) is 2. The molecule has 0 bridgehead atoms. The number of anilines is 1. The Labute approximate surface area is 222 Å². The first-order valence-electron chi connectivity index (χ1n) is 13.8. The molecule has 0 radical (unpaired) electrons. The fraction of sp³-hybridized carbons (Fsp3) is 0.517. The first kappa shape index (κ1) is 25.0. The van der Waals surface area contributed by atoms with Gasteiger partial charge in [0.2, 0.25) is 11.8 Å². The topological polar surface area (TPSA) is 106 Å². The van der Waals surface area contributed by atoms with Gasteiger partial charge >= 0.3 is 0 Å². The number of aromatic nitrogens is 1. The molecule has 5 heterocycles. The molecule has 200 valence electrons. The van der Waals surface area contributed by atoms with Gasteiger partial charge in [-0.1, -0.05) is 12.1 Å². The highest BCUT2D eigenvalue weighted by molar-refractivity contribution is 6.05. The Balaban J connectivity index is 1.09. The van der Waals surface area contributed by atoms with E-state index in [0.29, 0.717) is 36.2 Å². The lowest BCUT2D eigenvalue weighted by Crippen LogP contribution is -2.52. The summed E-state index contributed by atoms with van der Waals surface area (Å²) < 4.78 is 0. The highest BCUT2D eigenvalue weighted by Gasteiger charge is 2.41. The number of piperidine rings is 3. The molecular formula is C29H35N5O4. The summed E-state index contributed by atoms with van der Waals surface area (Å²) in [6.45, 7) is 4.83. The second kappa shape index (κ2) is 10.1. The zero-order valence-electron chi connectivity index (χ0n) is 21.7. The number of rotatable bonds is 5. The minimum atomic E-state index is -1.05. The molecule has 0 spiro atoms. The summed E-state index contributed by atoms with van der Waals surface area (Å²) in [5, 5.41) is 13.9. The number of nitrogens with zero attached hydrogens (tertiary/aromatic N) is 4. The highest BCUT2D eigenvalue weighted by atomic mass is 16.3. The SMILES string of the molecule is O=C1CCC(N2Cc3nc(C4(O)CCN(Cc5cccc(N6CCCCC6)c5)CC4)ccc3C2=O)C(=O)N1. The molecule has 3 saturated heterocycles. The average molecular weight is 518 g/mol. The van der Waals surface area contributed by atoms with Crippen LogP contribution in [0.5, 0.6) is 0 Å². The van der Waals surface area contributed by atoms with Crippen LogP contribution in [0.15, 0.2) is 36.4 Å². The van der Waals surface area contributed by atoms with E-state index in [1.54, 1.807) is 12.1 Å². The number of hydrogen-bond acceptors (Lipinski definition) is 7. The molecule has 1 atom stereocenters. The van der Waals surface area contributed by atoms with Gasteiger partial charge in [-0.25, -0.2) is 0 Å². The van der Waals surface area contributed by atoms with Crippen LogP contribution in [-0.4, -0.2) is 69.8 Å². The summed E-state index contributed by atoms with van der Waals surface area (Å²) in [5.41, 5.74) is 3.18. The summed E-state index contributed by atoms with van der Waals surface area (Å²) >= 11 is 0. The van der Waals surface area contributed by atoms with Gasteiger partial charge in [0, 0.05) is 44.8 Å². The van der Waals surface area contributed by atoms with Crippen molar-refractivity contribution < 1.29 is 19.5 Å². The number of carbonyl (C=O) groups excluding carboxylic acids is 3. The molecule has 3 amide bonds.